The van der Waals surface area contributed by atoms with Crippen molar-refractivity contribution in [3.8, 4) is 10.8 Å². The fraction of sp³-hybridized carbons (Fsp3) is 0.273. The molecule has 3 aromatic rings. The highest BCUT2D eigenvalue weighted by molar-refractivity contribution is 7.13. The minimum atomic E-state index is -0.610. The van der Waals surface area contributed by atoms with Crippen LogP contribution in [0.2, 0.25) is 0 Å². The number of esters is 1. The van der Waals surface area contributed by atoms with Crippen molar-refractivity contribution in [3.63, 3.8) is 0 Å². The number of ether oxygens (including phenoxy) is 2. The van der Waals surface area contributed by atoms with E-state index in [0.29, 0.717) is 18.2 Å². The number of hydrogen-bond acceptors (Lipinski definition) is 8. The van der Waals surface area contributed by atoms with Crippen molar-refractivity contribution >= 4 is 29.1 Å². The standard InChI is InChI=1S/C22H18N2O6S/c25-20-16-6-5-13(9-17(16)21(26)24(20)10-15-3-1-7-28-15)22(27)30-12-14-11-29-19(23-14)18-4-2-8-31-18/h2,4-6,8-9,11,15H,1,3,7,10,12H2. The van der Waals surface area contributed by atoms with Crippen LogP contribution in [0.15, 0.2) is 46.4 Å². The maximum atomic E-state index is 12.7. The number of amides is 2. The Balaban J connectivity index is 1.26. The van der Waals surface area contributed by atoms with Crippen LogP contribution < -0.4 is 0 Å². The number of carbonyl (C=O) groups excluding carboxylic acids is 3. The van der Waals surface area contributed by atoms with Gasteiger partial charge in [-0.3, -0.25) is 14.5 Å². The van der Waals surface area contributed by atoms with E-state index in [1.165, 1.54) is 40.7 Å². The molecule has 4 heterocycles. The number of rotatable bonds is 6. The summed E-state index contributed by atoms with van der Waals surface area (Å²) < 4.78 is 16.3. The normalized spacial score (nSPS) is 17.9. The third-order valence-corrected chi connectivity index (χ3v) is 6.11. The van der Waals surface area contributed by atoms with Gasteiger partial charge in [0.2, 0.25) is 5.89 Å². The number of benzene rings is 1. The van der Waals surface area contributed by atoms with E-state index in [0.717, 1.165) is 17.7 Å². The van der Waals surface area contributed by atoms with Gasteiger partial charge in [0.15, 0.2) is 0 Å². The molecule has 1 atom stereocenters. The van der Waals surface area contributed by atoms with Crippen LogP contribution in [0.1, 0.15) is 49.6 Å². The molecule has 8 nitrogen and oxygen atoms in total. The molecule has 2 amide bonds. The summed E-state index contributed by atoms with van der Waals surface area (Å²) in [4.78, 5) is 44.2. The Morgan fingerprint density at radius 2 is 2.10 bits per heavy atom. The molecule has 0 saturated carbocycles. The van der Waals surface area contributed by atoms with E-state index in [4.69, 9.17) is 13.9 Å². The molecule has 5 rings (SSSR count). The first-order valence-electron chi connectivity index (χ1n) is 9.87. The molecule has 2 aromatic heterocycles. The highest BCUT2D eigenvalue weighted by atomic mass is 32.1. The predicted octanol–water partition coefficient (Wildman–Crippen LogP) is 3.54. The van der Waals surface area contributed by atoms with E-state index in [1.807, 2.05) is 17.5 Å². The Labute approximate surface area is 181 Å². The molecule has 1 saturated heterocycles. The summed E-state index contributed by atoms with van der Waals surface area (Å²) in [6.45, 7) is 0.803. The molecule has 2 aliphatic rings. The highest BCUT2D eigenvalue weighted by Crippen LogP contribution is 2.27. The summed E-state index contributed by atoms with van der Waals surface area (Å²) in [5, 5.41) is 1.92. The van der Waals surface area contributed by atoms with Crippen molar-refractivity contribution < 1.29 is 28.3 Å². The number of fused-ring (bicyclic) bond motifs is 1. The number of imide groups is 1. The van der Waals surface area contributed by atoms with Crippen molar-refractivity contribution in [2.75, 3.05) is 13.2 Å². The first kappa shape index (κ1) is 19.7. The van der Waals surface area contributed by atoms with Gasteiger partial charge in [0.25, 0.3) is 11.8 Å². The maximum absolute atomic E-state index is 12.7. The van der Waals surface area contributed by atoms with E-state index in [9.17, 15) is 14.4 Å². The highest BCUT2D eigenvalue weighted by Gasteiger charge is 2.38. The number of oxazole rings is 1. The molecule has 0 radical (unpaired) electrons. The van der Waals surface area contributed by atoms with Gasteiger partial charge in [0.1, 0.15) is 18.6 Å². The maximum Gasteiger partial charge on any atom is 0.338 e. The lowest BCUT2D eigenvalue weighted by Crippen LogP contribution is -2.36. The number of hydrogen-bond donors (Lipinski definition) is 0. The van der Waals surface area contributed by atoms with Crippen LogP contribution in [0.5, 0.6) is 0 Å². The molecule has 0 N–H and O–H groups in total. The van der Waals surface area contributed by atoms with Gasteiger partial charge in [-0.1, -0.05) is 6.07 Å². The van der Waals surface area contributed by atoms with Gasteiger partial charge in [0, 0.05) is 6.61 Å². The molecule has 1 unspecified atom stereocenters. The van der Waals surface area contributed by atoms with E-state index < -0.39 is 11.9 Å². The third-order valence-electron chi connectivity index (χ3n) is 5.25. The van der Waals surface area contributed by atoms with Gasteiger partial charge in [-0.25, -0.2) is 9.78 Å². The molecule has 31 heavy (non-hydrogen) atoms. The van der Waals surface area contributed by atoms with Gasteiger partial charge in [-0.05, 0) is 42.5 Å². The lowest BCUT2D eigenvalue weighted by atomic mass is 10.1. The molecule has 9 heteroatoms. The summed E-state index contributed by atoms with van der Waals surface area (Å²) >= 11 is 1.50. The third kappa shape index (κ3) is 3.77. The van der Waals surface area contributed by atoms with E-state index in [2.05, 4.69) is 4.98 Å². The van der Waals surface area contributed by atoms with Gasteiger partial charge in [-0.2, -0.15) is 0 Å². The number of carbonyl (C=O) groups is 3. The first-order chi connectivity index (χ1) is 15.1. The minimum Gasteiger partial charge on any atom is -0.455 e. The molecule has 1 fully saturated rings. The lowest BCUT2D eigenvalue weighted by Gasteiger charge is -2.17. The van der Waals surface area contributed by atoms with Crippen molar-refractivity contribution in [2.24, 2.45) is 0 Å². The molecular weight excluding hydrogens is 420 g/mol. The van der Waals surface area contributed by atoms with Crippen molar-refractivity contribution in [2.45, 2.75) is 25.6 Å². The topological polar surface area (TPSA) is 98.9 Å². The van der Waals surface area contributed by atoms with Gasteiger partial charge < -0.3 is 13.9 Å². The van der Waals surface area contributed by atoms with Gasteiger partial charge in [0.05, 0.1) is 34.2 Å². The smallest absolute Gasteiger partial charge is 0.338 e. The van der Waals surface area contributed by atoms with E-state index >= 15 is 0 Å². The second-order valence-electron chi connectivity index (χ2n) is 7.31. The van der Waals surface area contributed by atoms with Crippen LogP contribution in [0, 0.1) is 0 Å². The lowest BCUT2D eigenvalue weighted by molar-refractivity contribution is 0.0465. The van der Waals surface area contributed by atoms with Crippen molar-refractivity contribution in [3.05, 3.63) is 64.4 Å². The zero-order valence-electron chi connectivity index (χ0n) is 16.4. The average molecular weight is 438 g/mol. The molecule has 0 bridgehead atoms. The predicted molar refractivity (Wildman–Crippen MR) is 110 cm³/mol. The Hall–Kier alpha value is -3.30. The first-order valence-corrected chi connectivity index (χ1v) is 10.8. The monoisotopic (exact) mass is 438 g/mol. The molecule has 158 valence electrons. The number of thiophene rings is 1. The molecular formula is C22H18N2O6S. The summed E-state index contributed by atoms with van der Waals surface area (Å²) in [6, 6.07) is 8.17. The van der Waals surface area contributed by atoms with Crippen molar-refractivity contribution in [1.82, 2.24) is 9.88 Å². The minimum absolute atomic E-state index is 0.0667. The molecule has 0 aliphatic carbocycles. The van der Waals surface area contributed by atoms with Crippen LogP contribution in [-0.2, 0) is 16.1 Å². The molecule has 2 aliphatic heterocycles. The summed E-state index contributed by atoms with van der Waals surface area (Å²) in [5.74, 6) is -0.920. The number of nitrogens with zero attached hydrogens (tertiary/aromatic N) is 2. The summed E-state index contributed by atoms with van der Waals surface area (Å²) in [5.41, 5.74) is 1.17. The zero-order valence-corrected chi connectivity index (χ0v) is 17.2. The Morgan fingerprint density at radius 3 is 2.87 bits per heavy atom. The van der Waals surface area contributed by atoms with Crippen LogP contribution in [0.4, 0.5) is 0 Å². The number of aromatic nitrogens is 1. The SMILES string of the molecule is O=C(OCc1coc(-c2cccs2)n1)c1ccc2c(c1)C(=O)N(CC1CCCO1)C2=O. The van der Waals surface area contributed by atoms with Crippen LogP contribution in [-0.4, -0.2) is 46.9 Å². The quantitative estimate of drug-likeness (QED) is 0.429. The van der Waals surface area contributed by atoms with Crippen molar-refractivity contribution in [1.29, 1.82) is 0 Å². The zero-order chi connectivity index (χ0) is 21.4. The molecule has 1 aromatic carbocycles. The summed E-state index contributed by atoms with van der Waals surface area (Å²) in [6.07, 6.45) is 3.05. The fourth-order valence-corrected chi connectivity index (χ4v) is 4.34. The Bertz CT molecular complexity index is 1150. The second kappa shape index (κ2) is 8.09. The Morgan fingerprint density at radius 1 is 1.23 bits per heavy atom. The van der Waals surface area contributed by atoms with Crippen LogP contribution in [0.3, 0.4) is 0 Å². The second-order valence-corrected chi connectivity index (χ2v) is 8.26. The van der Waals surface area contributed by atoms with E-state index in [-0.39, 0.29) is 41.9 Å². The van der Waals surface area contributed by atoms with Crippen LogP contribution >= 0.6 is 11.3 Å². The van der Waals surface area contributed by atoms with Crippen LogP contribution in [0.25, 0.3) is 10.8 Å². The van der Waals surface area contributed by atoms with E-state index in [1.54, 1.807) is 0 Å². The largest absolute Gasteiger partial charge is 0.455 e. The summed E-state index contributed by atoms with van der Waals surface area (Å²) in [7, 11) is 0. The Kier molecular flexibility index (Phi) is 5.13. The average Bonchev–Trinajstić information content (AvgIpc) is 3.58. The van der Waals surface area contributed by atoms with Gasteiger partial charge in [-0.15, -0.1) is 11.3 Å². The van der Waals surface area contributed by atoms with Gasteiger partial charge >= 0.3 is 5.97 Å². The fourth-order valence-electron chi connectivity index (χ4n) is 3.68. The molecule has 0 spiro atoms.